The molecule has 1 heterocycles. The van der Waals surface area contributed by atoms with Crippen molar-refractivity contribution >= 4 is 44.1 Å². The van der Waals surface area contributed by atoms with Gasteiger partial charge in [-0.2, -0.15) is 0 Å². The highest BCUT2D eigenvalue weighted by molar-refractivity contribution is 9.10. The molecule has 0 aliphatic heterocycles. The van der Waals surface area contributed by atoms with Gasteiger partial charge >= 0.3 is 0 Å². The van der Waals surface area contributed by atoms with Crippen LogP contribution < -0.4 is 5.32 Å². The minimum Gasteiger partial charge on any atom is -0.379 e. The van der Waals surface area contributed by atoms with E-state index in [1.165, 1.54) is 0 Å². The van der Waals surface area contributed by atoms with Crippen molar-refractivity contribution in [2.24, 2.45) is 0 Å². The molecule has 2 aromatic carbocycles. The van der Waals surface area contributed by atoms with E-state index in [9.17, 15) is 0 Å². The van der Waals surface area contributed by atoms with Gasteiger partial charge in [-0.15, -0.1) is 0 Å². The summed E-state index contributed by atoms with van der Waals surface area (Å²) >= 11 is 9.48. The lowest BCUT2D eigenvalue weighted by molar-refractivity contribution is 1.14. The molecule has 0 fully saturated rings. The average Bonchev–Trinajstić information content (AvgIpc) is 2.46. The fraction of sp³-hybridized carbons (Fsp3) is 0.0625. The molecule has 0 atom stereocenters. The molecule has 0 bridgehead atoms. The highest BCUT2D eigenvalue weighted by Crippen LogP contribution is 2.25. The number of nitrogens with zero attached hydrogens (tertiary/aromatic N) is 1. The molecule has 2 nitrogen and oxygen atoms in total. The van der Waals surface area contributed by atoms with Gasteiger partial charge in [0.15, 0.2) is 0 Å². The lowest BCUT2D eigenvalue weighted by atomic mass is 10.1. The summed E-state index contributed by atoms with van der Waals surface area (Å²) in [7, 11) is 0. The standard InChI is InChI=1S/C16H12BrClN2/c17-14-9-13(18)7-6-12(14)10-20-15-5-1-3-11-4-2-8-19-16(11)15/h1-9,20H,10H2. The second-order valence-electron chi connectivity index (χ2n) is 4.47. The first-order valence-corrected chi connectivity index (χ1v) is 7.43. The van der Waals surface area contributed by atoms with Crippen LogP contribution in [0.1, 0.15) is 5.56 Å². The van der Waals surface area contributed by atoms with Crippen molar-refractivity contribution in [1.29, 1.82) is 0 Å². The Morgan fingerprint density at radius 3 is 2.80 bits per heavy atom. The van der Waals surface area contributed by atoms with E-state index < -0.39 is 0 Å². The Balaban J connectivity index is 1.87. The first kappa shape index (κ1) is 13.4. The minimum absolute atomic E-state index is 0.716. The van der Waals surface area contributed by atoms with E-state index in [0.29, 0.717) is 6.54 Å². The maximum Gasteiger partial charge on any atom is 0.0933 e. The zero-order valence-corrected chi connectivity index (χ0v) is 12.9. The highest BCUT2D eigenvalue weighted by Gasteiger charge is 2.04. The quantitative estimate of drug-likeness (QED) is 0.699. The summed E-state index contributed by atoms with van der Waals surface area (Å²) in [6.07, 6.45) is 1.81. The molecule has 0 aliphatic carbocycles. The van der Waals surface area contributed by atoms with Crippen LogP contribution in [0.3, 0.4) is 0 Å². The van der Waals surface area contributed by atoms with Crippen LogP contribution in [-0.4, -0.2) is 4.98 Å². The number of para-hydroxylation sites is 1. The third-order valence-electron chi connectivity index (χ3n) is 3.12. The number of aromatic nitrogens is 1. The first-order valence-electron chi connectivity index (χ1n) is 6.25. The summed E-state index contributed by atoms with van der Waals surface area (Å²) < 4.78 is 1.01. The SMILES string of the molecule is Clc1ccc(CNc2cccc3cccnc23)c(Br)c1. The van der Waals surface area contributed by atoms with E-state index >= 15 is 0 Å². The Bertz CT molecular complexity index is 753. The zero-order valence-electron chi connectivity index (χ0n) is 10.6. The van der Waals surface area contributed by atoms with E-state index in [2.05, 4.69) is 38.4 Å². The fourth-order valence-electron chi connectivity index (χ4n) is 2.10. The van der Waals surface area contributed by atoms with E-state index in [1.807, 2.05) is 42.6 Å². The molecule has 1 N–H and O–H groups in total. The van der Waals surface area contributed by atoms with Gasteiger partial charge in [0.1, 0.15) is 0 Å². The van der Waals surface area contributed by atoms with Crippen LogP contribution in [-0.2, 0) is 6.54 Å². The van der Waals surface area contributed by atoms with Gasteiger partial charge in [0.25, 0.3) is 0 Å². The normalized spacial score (nSPS) is 10.7. The fourth-order valence-corrected chi connectivity index (χ4v) is 2.93. The van der Waals surface area contributed by atoms with Crippen molar-refractivity contribution in [1.82, 2.24) is 4.98 Å². The molecule has 0 unspecified atom stereocenters. The van der Waals surface area contributed by atoms with Crippen LogP contribution in [0.2, 0.25) is 5.02 Å². The van der Waals surface area contributed by atoms with Crippen LogP contribution in [0.5, 0.6) is 0 Å². The van der Waals surface area contributed by atoms with Gasteiger partial charge in [0.2, 0.25) is 0 Å². The molecular formula is C16H12BrClN2. The van der Waals surface area contributed by atoms with Crippen molar-refractivity contribution < 1.29 is 0 Å². The maximum absolute atomic E-state index is 5.95. The second kappa shape index (κ2) is 5.81. The van der Waals surface area contributed by atoms with E-state index in [-0.39, 0.29) is 0 Å². The van der Waals surface area contributed by atoms with Crippen LogP contribution in [0, 0.1) is 0 Å². The Morgan fingerprint density at radius 2 is 1.95 bits per heavy atom. The molecule has 0 spiro atoms. The average molecular weight is 348 g/mol. The molecule has 0 amide bonds. The molecule has 0 saturated carbocycles. The number of hydrogen-bond acceptors (Lipinski definition) is 2. The smallest absolute Gasteiger partial charge is 0.0933 e. The Morgan fingerprint density at radius 1 is 1.10 bits per heavy atom. The predicted molar refractivity (Wildman–Crippen MR) is 88.2 cm³/mol. The summed E-state index contributed by atoms with van der Waals surface area (Å²) in [5.74, 6) is 0. The van der Waals surface area contributed by atoms with Crippen molar-refractivity contribution in [3.05, 3.63) is 69.8 Å². The molecule has 1 aromatic heterocycles. The van der Waals surface area contributed by atoms with Crippen LogP contribution in [0.25, 0.3) is 10.9 Å². The molecule has 4 heteroatoms. The third-order valence-corrected chi connectivity index (χ3v) is 4.09. The highest BCUT2D eigenvalue weighted by atomic mass is 79.9. The Hall–Kier alpha value is -1.58. The summed E-state index contributed by atoms with van der Waals surface area (Å²) in [5, 5.41) is 5.29. The van der Waals surface area contributed by atoms with Crippen LogP contribution in [0.15, 0.2) is 59.2 Å². The third kappa shape index (κ3) is 2.79. The number of anilines is 1. The van der Waals surface area contributed by atoms with Crippen molar-refractivity contribution in [2.75, 3.05) is 5.32 Å². The van der Waals surface area contributed by atoms with E-state index in [1.54, 1.807) is 0 Å². The zero-order chi connectivity index (χ0) is 13.9. The monoisotopic (exact) mass is 346 g/mol. The number of nitrogens with one attached hydrogen (secondary N) is 1. The topological polar surface area (TPSA) is 24.9 Å². The molecule has 0 aliphatic rings. The summed E-state index contributed by atoms with van der Waals surface area (Å²) in [6.45, 7) is 0.716. The molecule has 0 saturated heterocycles. The van der Waals surface area contributed by atoms with Crippen molar-refractivity contribution in [2.45, 2.75) is 6.54 Å². The number of pyridine rings is 1. The van der Waals surface area contributed by atoms with Gasteiger partial charge in [-0.1, -0.05) is 51.8 Å². The number of benzene rings is 2. The number of halogens is 2. The van der Waals surface area contributed by atoms with Gasteiger partial charge in [-0.05, 0) is 29.8 Å². The van der Waals surface area contributed by atoms with E-state index in [4.69, 9.17) is 11.6 Å². The molecule has 0 radical (unpaired) electrons. The summed E-state index contributed by atoms with van der Waals surface area (Å²) in [6, 6.07) is 15.9. The Labute approximate surface area is 130 Å². The van der Waals surface area contributed by atoms with Crippen molar-refractivity contribution in [3.63, 3.8) is 0 Å². The summed E-state index contributed by atoms with van der Waals surface area (Å²) in [5.41, 5.74) is 3.17. The minimum atomic E-state index is 0.716. The number of fused-ring (bicyclic) bond motifs is 1. The predicted octanol–water partition coefficient (Wildman–Crippen LogP) is 5.26. The largest absolute Gasteiger partial charge is 0.379 e. The second-order valence-corrected chi connectivity index (χ2v) is 5.76. The maximum atomic E-state index is 5.95. The van der Waals surface area contributed by atoms with Gasteiger partial charge < -0.3 is 5.32 Å². The van der Waals surface area contributed by atoms with Gasteiger partial charge in [-0.25, -0.2) is 0 Å². The molecule has 20 heavy (non-hydrogen) atoms. The van der Waals surface area contributed by atoms with Gasteiger partial charge in [-0.3, -0.25) is 4.98 Å². The lowest BCUT2D eigenvalue weighted by Crippen LogP contribution is -2.01. The number of rotatable bonds is 3. The lowest BCUT2D eigenvalue weighted by Gasteiger charge is -2.10. The van der Waals surface area contributed by atoms with Crippen molar-refractivity contribution in [3.8, 4) is 0 Å². The molecular weight excluding hydrogens is 336 g/mol. The van der Waals surface area contributed by atoms with Gasteiger partial charge in [0, 0.05) is 27.6 Å². The van der Waals surface area contributed by atoms with E-state index in [0.717, 1.165) is 31.6 Å². The van der Waals surface area contributed by atoms with Crippen LogP contribution in [0.4, 0.5) is 5.69 Å². The molecule has 3 aromatic rings. The molecule has 100 valence electrons. The first-order chi connectivity index (χ1) is 9.74. The summed E-state index contributed by atoms with van der Waals surface area (Å²) in [4.78, 5) is 4.43. The Kier molecular flexibility index (Phi) is 3.90. The molecule has 3 rings (SSSR count). The van der Waals surface area contributed by atoms with Gasteiger partial charge in [0.05, 0.1) is 11.2 Å². The van der Waals surface area contributed by atoms with Crippen LogP contribution >= 0.6 is 27.5 Å². The number of hydrogen-bond donors (Lipinski definition) is 1.